The molecule has 1 atom stereocenters. The second-order valence-corrected chi connectivity index (χ2v) is 4.83. The number of carboxylic acids is 1. The third-order valence-electron chi connectivity index (χ3n) is 3.63. The summed E-state index contributed by atoms with van der Waals surface area (Å²) in [5.41, 5.74) is 0.304. The Morgan fingerprint density at radius 1 is 1.71 bits per heavy atom. The van der Waals surface area contributed by atoms with Crippen LogP contribution in [0.1, 0.15) is 31.2 Å². The van der Waals surface area contributed by atoms with E-state index in [0.29, 0.717) is 19.5 Å². The summed E-state index contributed by atoms with van der Waals surface area (Å²) < 4.78 is 5.01. The number of hydrogen-bond donors (Lipinski definition) is 1. The predicted molar refractivity (Wildman–Crippen MR) is 61.5 cm³/mol. The molecule has 1 aromatic rings. The lowest BCUT2D eigenvalue weighted by atomic mass is 9.84. The minimum absolute atomic E-state index is 0.571. The Labute approximate surface area is 100 Å². The number of rotatable bonds is 4. The van der Waals surface area contributed by atoms with Crippen molar-refractivity contribution in [1.82, 2.24) is 10.1 Å². The summed E-state index contributed by atoms with van der Waals surface area (Å²) in [5.74, 6) is 0.109. The molecule has 2 heterocycles. The Balaban J connectivity index is 2.00. The smallest absolute Gasteiger partial charge is 0.310 e. The maximum absolute atomic E-state index is 11.3. The Hall–Kier alpha value is -1.36. The molecule has 5 heteroatoms. The number of likely N-dealkylation sites (tertiary alicyclic amines) is 1. The molecule has 94 valence electrons. The number of carbonyl (C=O) groups is 1. The van der Waals surface area contributed by atoms with Gasteiger partial charge in [-0.25, -0.2) is 0 Å². The van der Waals surface area contributed by atoms with Crippen molar-refractivity contribution in [1.29, 1.82) is 0 Å². The van der Waals surface area contributed by atoms with Gasteiger partial charge in [0.05, 0.1) is 11.1 Å². The van der Waals surface area contributed by atoms with Crippen molar-refractivity contribution in [2.24, 2.45) is 5.41 Å². The van der Waals surface area contributed by atoms with Crippen LogP contribution in [0.5, 0.6) is 0 Å². The predicted octanol–water partition coefficient (Wildman–Crippen LogP) is 1.67. The number of nitrogens with zero attached hydrogens (tertiary/aromatic N) is 2. The van der Waals surface area contributed by atoms with Crippen LogP contribution in [-0.4, -0.2) is 34.2 Å². The van der Waals surface area contributed by atoms with Crippen molar-refractivity contribution >= 4 is 5.97 Å². The standard InChI is InChI=1S/C12H18N2O3/c1-3-12(11(15)16)4-5-14(8-12)7-10-6-9(2)17-13-10/h6H,3-5,7-8H2,1-2H3,(H,15,16). The van der Waals surface area contributed by atoms with Gasteiger partial charge in [-0.3, -0.25) is 9.69 Å². The number of aromatic nitrogens is 1. The molecule has 0 spiro atoms. The molecule has 0 bridgehead atoms. The summed E-state index contributed by atoms with van der Waals surface area (Å²) in [7, 11) is 0. The molecule has 0 radical (unpaired) electrons. The van der Waals surface area contributed by atoms with Crippen molar-refractivity contribution in [3.63, 3.8) is 0 Å². The SMILES string of the molecule is CCC1(C(=O)O)CCN(Cc2cc(C)on2)C1. The third-order valence-corrected chi connectivity index (χ3v) is 3.63. The lowest BCUT2D eigenvalue weighted by Crippen LogP contribution is -2.33. The third kappa shape index (κ3) is 2.34. The molecule has 1 aromatic heterocycles. The number of carboxylic acid groups (broad SMARTS) is 1. The van der Waals surface area contributed by atoms with E-state index in [4.69, 9.17) is 4.52 Å². The first-order chi connectivity index (χ1) is 8.05. The number of aliphatic carboxylic acids is 1. The molecule has 1 aliphatic heterocycles. The van der Waals surface area contributed by atoms with Gasteiger partial charge in [0.2, 0.25) is 0 Å². The highest BCUT2D eigenvalue weighted by atomic mass is 16.5. The fourth-order valence-electron chi connectivity index (χ4n) is 2.43. The molecular formula is C12H18N2O3. The van der Waals surface area contributed by atoms with Crippen molar-refractivity contribution < 1.29 is 14.4 Å². The zero-order chi connectivity index (χ0) is 12.5. The quantitative estimate of drug-likeness (QED) is 0.864. The summed E-state index contributed by atoms with van der Waals surface area (Å²) in [6, 6.07) is 1.90. The second-order valence-electron chi connectivity index (χ2n) is 4.83. The van der Waals surface area contributed by atoms with Gasteiger partial charge in [0.15, 0.2) is 0 Å². The van der Waals surface area contributed by atoms with Gasteiger partial charge in [0.1, 0.15) is 5.76 Å². The molecule has 0 aliphatic carbocycles. The Morgan fingerprint density at radius 2 is 2.47 bits per heavy atom. The van der Waals surface area contributed by atoms with Crippen molar-refractivity contribution in [2.75, 3.05) is 13.1 Å². The van der Waals surface area contributed by atoms with Crippen LogP contribution < -0.4 is 0 Å². The summed E-state index contributed by atoms with van der Waals surface area (Å²) in [6.45, 7) is 5.88. The number of aryl methyl sites for hydroxylation is 1. The van der Waals surface area contributed by atoms with Crippen molar-refractivity contribution in [3.05, 3.63) is 17.5 Å². The van der Waals surface area contributed by atoms with Gasteiger partial charge in [0, 0.05) is 19.2 Å². The average Bonchev–Trinajstić information content (AvgIpc) is 2.87. The van der Waals surface area contributed by atoms with E-state index in [2.05, 4.69) is 10.1 Å². The number of hydrogen-bond acceptors (Lipinski definition) is 4. The van der Waals surface area contributed by atoms with Crippen LogP contribution in [0.2, 0.25) is 0 Å². The van der Waals surface area contributed by atoms with E-state index < -0.39 is 11.4 Å². The van der Waals surface area contributed by atoms with Gasteiger partial charge in [0.25, 0.3) is 0 Å². The van der Waals surface area contributed by atoms with E-state index in [9.17, 15) is 9.90 Å². The van der Waals surface area contributed by atoms with Crippen LogP contribution in [0.15, 0.2) is 10.6 Å². The van der Waals surface area contributed by atoms with E-state index in [-0.39, 0.29) is 0 Å². The highest BCUT2D eigenvalue weighted by molar-refractivity contribution is 5.75. The molecule has 17 heavy (non-hydrogen) atoms. The molecule has 1 unspecified atom stereocenters. The van der Waals surface area contributed by atoms with Crippen molar-refractivity contribution in [2.45, 2.75) is 33.2 Å². The van der Waals surface area contributed by atoms with Crippen LogP contribution in [0, 0.1) is 12.3 Å². The highest BCUT2D eigenvalue weighted by Crippen LogP contribution is 2.34. The monoisotopic (exact) mass is 238 g/mol. The zero-order valence-electron chi connectivity index (χ0n) is 10.3. The first-order valence-electron chi connectivity index (χ1n) is 5.94. The molecule has 2 rings (SSSR count). The summed E-state index contributed by atoms with van der Waals surface area (Å²) in [6.07, 6.45) is 1.40. The molecule has 0 amide bonds. The first kappa shape index (κ1) is 12.1. The fourth-order valence-corrected chi connectivity index (χ4v) is 2.43. The van der Waals surface area contributed by atoms with Gasteiger partial charge in [-0.05, 0) is 26.3 Å². The van der Waals surface area contributed by atoms with Crippen LogP contribution in [0.3, 0.4) is 0 Å². The maximum Gasteiger partial charge on any atom is 0.310 e. The van der Waals surface area contributed by atoms with Gasteiger partial charge in [-0.2, -0.15) is 0 Å². The average molecular weight is 238 g/mol. The minimum Gasteiger partial charge on any atom is -0.481 e. The Kier molecular flexibility index (Phi) is 3.19. The van der Waals surface area contributed by atoms with E-state index in [1.807, 2.05) is 19.9 Å². The molecular weight excluding hydrogens is 220 g/mol. The minimum atomic E-state index is -0.682. The van der Waals surface area contributed by atoms with Crippen LogP contribution >= 0.6 is 0 Å². The second kappa shape index (κ2) is 4.49. The summed E-state index contributed by atoms with van der Waals surface area (Å²) >= 11 is 0. The van der Waals surface area contributed by atoms with Crippen LogP contribution in [0.25, 0.3) is 0 Å². The lowest BCUT2D eigenvalue weighted by molar-refractivity contribution is -0.148. The molecule has 1 aliphatic rings. The highest BCUT2D eigenvalue weighted by Gasteiger charge is 2.43. The van der Waals surface area contributed by atoms with Gasteiger partial charge in [-0.15, -0.1) is 0 Å². The van der Waals surface area contributed by atoms with Crippen molar-refractivity contribution in [3.8, 4) is 0 Å². The molecule has 1 saturated heterocycles. The normalized spacial score (nSPS) is 25.3. The van der Waals surface area contributed by atoms with Gasteiger partial charge >= 0.3 is 5.97 Å². The Bertz CT molecular complexity index is 416. The maximum atomic E-state index is 11.3. The molecule has 1 N–H and O–H groups in total. The zero-order valence-corrected chi connectivity index (χ0v) is 10.3. The van der Waals surface area contributed by atoms with E-state index in [1.54, 1.807) is 0 Å². The topological polar surface area (TPSA) is 66.6 Å². The Morgan fingerprint density at radius 3 is 2.94 bits per heavy atom. The van der Waals surface area contributed by atoms with Gasteiger partial charge in [-0.1, -0.05) is 12.1 Å². The molecule has 0 aromatic carbocycles. The first-order valence-corrected chi connectivity index (χ1v) is 5.94. The molecule has 5 nitrogen and oxygen atoms in total. The summed E-state index contributed by atoms with van der Waals surface area (Å²) in [5, 5.41) is 13.2. The van der Waals surface area contributed by atoms with Gasteiger partial charge < -0.3 is 9.63 Å². The molecule has 1 fully saturated rings. The van der Waals surface area contributed by atoms with Crippen LogP contribution in [0.4, 0.5) is 0 Å². The molecule has 0 saturated carbocycles. The van der Waals surface area contributed by atoms with E-state index in [0.717, 1.165) is 24.4 Å². The summed E-state index contributed by atoms with van der Waals surface area (Å²) in [4.78, 5) is 13.4. The van der Waals surface area contributed by atoms with Crippen LogP contribution in [-0.2, 0) is 11.3 Å². The lowest BCUT2D eigenvalue weighted by Gasteiger charge is -2.22. The fraction of sp³-hybridized carbons (Fsp3) is 0.667. The van der Waals surface area contributed by atoms with E-state index in [1.165, 1.54) is 0 Å². The van der Waals surface area contributed by atoms with E-state index >= 15 is 0 Å². The largest absolute Gasteiger partial charge is 0.481 e.